The first kappa shape index (κ1) is 15.9. The summed E-state index contributed by atoms with van der Waals surface area (Å²) in [5, 5.41) is 0. The topological polar surface area (TPSA) is 80.3 Å². The zero-order valence-electron chi connectivity index (χ0n) is 3.04. The standard InChI is InChI=1S/H2O4S.2Pb/c1-5(2,3)4;;/h(H2,1,2,3,4);;/q;;+2/p-2. The third kappa shape index (κ3) is 85.7. The molecular formula is O4Pb2S. The van der Waals surface area contributed by atoms with E-state index in [0.717, 1.165) is 0 Å². The van der Waals surface area contributed by atoms with E-state index in [0.29, 0.717) is 0 Å². The van der Waals surface area contributed by atoms with Crippen LogP contribution in [0.4, 0.5) is 0 Å². The van der Waals surface area contributed by atoms with E-state index < -0.39 is 10.4 Å². The first-order chi connectivity index (χ1) is 2.00. The molecule has 4 nitrogen and oxygen atoms in total. The van der Waals surface area contributed by atoms with E-state index in [1.165, 1.54) is 0 Å². The van der Waals surface area contributed by atoms with E-state index in [-0.39, 0.29) is 54.6 Å². The van der Waals surface area contributed by atoms with Gasteiger partial charge in [0, 0.05) is 37.7 Å². The Labute approximate surface area is 81.6 Å². The van der Waals surface area contributed by atoms with Gasteiger partial charge in [-0.2, -0.15) is 0 Å². The molecule has 0 unspecified atom stereocenters. The number of rotatable bonds is 0. The van der Waals surface area contributed by atoms with E-state index in [1.807, 2.05) is 0 Å². The van der Waals surface area contributed by atoms with Crippen molar-refractivity contribution < 1.29 is 17.5 Å². The van der Waals surface area contributed by atoms with Crippen molar-refractivity contribution in [2.24, 2.45) is 0 Å². The average molecular weight is 510 g/mol. The maximum Gasteiger partial charge on any atom is 2.00 e. The molecule has 0 aromatic heterocycles. The van der Waals surface area contributed by atoms with Crippen LogP contribution in [-0.4, -0.2) is 72.1 Å². The van der Waals surface area contributed by atoms with Gasteiger partial charge in [0.05, 0.1) is 0 Å². The van der Waals surface area contributed by atoms with Crippen LogP contribution in [0.15, 0.2) is 0 Å². The maximum atomic E-state index is 8.52. The van der Waals surface area contributed by atoms with Crippen molar-refractivity contribution in [3.8, 4) is 0 Å². The van der Waals surface area contributed by atoms with Crippen LogP contribution in [0.1, 0.15) is 0 Å². The Hall–Kier alpha value is 1.71. The van der Waals surface area contributed by atoms with Crippen LogP contribution in [0.25, 0.3) is 0 Å². The summed E-state index contributed by atoms with van der Waals surface area (Å²) in [6.07, 6.45) is 0. The molecule has 0 rings (SSSR count). The van der Waals surface area contributed by atoms with E-state index in [1.54, 1.807) is 0 Å². The zero-order valence-corrected chi connectivity index (χ0v) is 11.6. The van der Waals surface area contributed by atoms with E-state index in [2.05, 4.69) is 0 Å². The molecule has 0 saturated carbocycles. The molecular weight excluding hydrogens is 510 g/mol. The maximum absolute atomic E-state index is 8.52. The summed E-state index contributed by atoms with van der Waals surface area (Å²) in [5.74, 6) is 0. The minimum atomic E-state index is -5.17. The molecule has 0 heterocycles. The van der Waals surface area contributed by atoms with Crippen molar-refractivity contribution >= 4 is 65.0 Å². The second-order valence-corrected chi connectivity index (χ2v) is 1.22. The minimum Gasteiger partial charge on any atom is -0.759 e. The third-order valence-electron chi connectivity index (χ3n) is 0. The third-order valence-corrected chi connectivity index (χ3v) is 0. The summed E-state index contributed by atoms with van der Waals surface area (Å²) < 4.78 is 34.1. The summed E-state index contributed by atoms with van der Waals surface area (Å²) in [6, 6.07) is 0. The summed E-state index contributed by atoms with van der Waals surface area (Å²) >= 11 is 0. The summed E-state index contributed by atoms with van der Waals surface area (Å²) in [5.41, 5.74) is 0. The van der Waals surface area contributed by atoms with Gasteiger partial charge in [0.15, 0.2) is 0 Å². The normalized spacial score (nSPS) is 8.29. The van der Waals surface area contributed by atoms with Gasteiger partial charge in [0.25, 0.3) is 0 Å². The summed E-state index contributed by atoms with van der Waals surface area (Å²) in [7, 11) is -5.17. The van der Waals surface area contributed by atoms with Crippen LogP contribution in [0.3, 0.4) is 0 Å². The molecule has 0 aromatic carbocycles. The second-order valence-electron chi connectivity index (χ2n) is 0.408. The molecule has 0 amide bonds. The van der Waals surface area contributed by atoms with Crippen LogP contribution in [-0.2, 0) is 10.4 Å². The SMILES string of the molecule is O=S(=O)([O-])[O-].[Pb+2].[Pb]. The predicted molar refractivity (Wildman–Crippen MR) is 22.0 cm³/mol. The van der Waals surface area contributed by atoms with Gasteiger partial charge in [-0.15, -0.1) is 0 Å². The Morgan fingerprint density at radius 3 is 1.14 bits per heavy atom. The molecule has 0 fully saturated rings. The minimum absolute atomic E-state index is 0. The van der Waals surface area contributed by atoms with Gasteiger partial charge >= 0.3 is 27.3 Å². The van der Waals surface area contributed by atoms with Crippen molar-refractivity contribution in [2.45, 2.75) is 0 Å². The number of hydrogen-bond donors (Lipinski definition) is 0. The van der Waals surface area contributed by atoms with Crippen LogP contribution in [0.5, 0.6) is 0 Å². The molecule has 0 aliphatic carbocycles. The Morgan fingerprint density at radius 2 is 1.14 bits per heavy atom. The molecule has 0 spiro atoms. The largest absolute Gasteiger partial charge is 2.00 e. The molecule has 0 aromatic rings. The van der Waals surface area contributed by atoms with Crippen LogP contribution in [0, 0.1) is 0 Å². The molecule has 0 N–H and O–H groups in total. The van der Waals surface area contributed by atoms with Gasteiger partial charge in [-0.3, -0.25) is 8.42 Å². The molecule has 0 saturated heterocycles. The van der Waals surface area contributed by atoms with Crippen LogP contribution < -0.4 is 0 Å². The molecule has 0 aliphatic heterocycles. The second kappa shape index (κ2) is 5.84. The Balaban J connectivity index is -0.0000000800. The molecule has 0 aliphatic rings. The van der Waals surface area contributed by atoms with Crippen LogP contribution >= 0.6 is 0 Å². The van der Waals surface area contributed by atoms with Gasteiger partial charge in [0.1, 0.15) is 0 Å². The van der Waals surface area contributed by atoms with Crippen LogP contribution in [0.2, 0.25) is 0 Å². The molecule has 0 atom stereocenters. The summed E-state index contributed by atoms with van der Waals surface area (Å²) in [4.78, 5) is 0. The Morgan fingerprint density at radius 1 is 1.14 bits per heavy atom. The summed E-state index contributed by atoms with van der Waals surface area (Å²) in [6.45, 7) is 0. The molecule has 0 bridgehead atoms. The smallest absolute Gasteiger partial charge is 0.759 e. The van der Waals surface area contributed by atoms with Gasteiger partial charge in [-0.05, 0) is 0 Å². The Kier molecular flexibility index (Phi) is 13.3. The monoisotopic (exact) mass is 512 g/mol. The van der Waals surface area contributed by atoms with Gasteiger partial charge in [-0.25, -0.2) is 0 Å². The fraction of sp³-hybridized carbons (Fsp3) is 0. The quantitative estimate of drug-likeness (QED) is 0.213. The Bertz CT molecular complexity index is 92.9. The fourth-order valence-corrected chi connectivity index (χ4v) is 0. The van der Waals surface area contributed by atoms with Gasteiger partial charge < -0.3 is 9.11 Å². The van der Waals surface area contributed by atoms with Crippen molar-refractivity contribution in [1.29, 1.82) is 0 Å². The van der Waals surface area contributed by atoms with E-state index in [4.69, 9.17) is 17.5 Å². The van der Waals surface area contributed by atoms with E-state index in [9.17, 15) is 0 Å². The van der Waals surface area contributed by atoms with Crippen molar-refractivity contribution in [1.82, 2.24) is 0 Å². The average Bonchev–Trinajstić information content (AvgIpc) is 0.722. The first-order valence-electron chi connectivity index (χ1n) is 0.667. The van der Waals surface area contributed by atoms with Gasteiger partial charge in [0.2, 0.25) is 0 Å². The predicted octanol–water partition coefficient (Wildman–Crippen LogP) is -2.10. The van der Waals surface area contributed by atoms with Crippen molar-refractivity contribution in [3.05, 3.63) is 0 Å². The van der Waals surface area contributed by atoms with Gasteiger partial charge in [-0.1, -0.05) is 0 Å². The van der Waals surface area contributed by atoms with Crippen molar-refractivity contribution in [2.75, 3.05) is 0 Å². The zero-order chi connectivity index (χ0) is 4.50. The number of hydrogen-bond acceptors (Lipinski definition) is 4. The first-order valence-corrected chi connectivity index (χ1v) is 2.00. The fourth-order valence-electron chi connectivity index (χ4n) is 0. The molecule has 38 valence electrons. The molecule has 7 heavy (non-hydrogen) atoms. The molecule has 7 heteroatoms. The van der Waals surface area contributed by atoms with Crippen molar-refractivity contribution in [3.63, 3.8) is 0 Å². The molecule has 6 radical (unpaired) electrons. The van der Waals surface area contributed by atoms with E-state index >= 15 is 0 Å².